The summed E-state index contributed by atoms with van der Waals surface area (Å²) in [5.41, 5.74) is 3.80. The van der Waals surface area contributed by atoms with E-state index in [4.69, 9.17) is 9.72 Å². The fraction of sp³-hybridized carbons (Fsp3) is 0.240. The maximum absolute atomic E-state index is 11.2. The quantitative estimate of drug-likeness (QED) is 0.274. The topological polar surface area (TPSA) is 70.2 Å². The zero-order valence-corrected chi connectivity index (χ0v) is 17.1. The van der Waals surface area contributed by atoms with Crippen molar-refractivity contribution in [2.75, 3.05) is 0 Å². The van der Waals surface area contributed by atoms with Crippen LogP contribution in [0, 0.1) is 10.1 Å². The molecule has 1 aliphatic rings. The van der Waals surface area contributed by atoms with E-state index in [9.17, 15) is 10.1 Å². The van der Waals surface area contributed by atoms with Crippen LogP contribution in [0.1, 0.15) is 37.3 Å². The van der Waals surface area contributed by atoms with E-state index in [1.165, 1.54) is 12.8 Å². The molecule has 0 saturated heterocycles. The number of fused-ring (bicyclic) bond motifs is 1. The molecule has 0 radical (unpaired) electrons. The van der Waals surface area contributed by atoms with Gasteiger partial charge in [0.05, 0.1) is 16.0 Å². The highest BCUT2D eigenvalue weighted by atomic mass is 16.6. The molecular weight excluding hydrogens is 390 g/mol. The van der Waals surface area contributed by atoms with E-state index >= 15 is 0 Å². The minimum absolute atomic E-state index is 0.0692. The van der Waals surface area contributed by atoms with Crippen LogP contribution in [0.25, 0.3) is 22.4 Å². The van der Waals surface area contributed by atoms with Crippen LogP contribution < -0.4 is 4.74 Å². The lowest BCUT2D eigenvalue weighted by Crippen LogP contribution is -2.06. The summed E-state index contributed by atoms with van der Waals surface area (Å²) in [5, 5.41) is 11.2. The number of nitrogens with zero attached hydrogens (tertiary/aromatic N) is 3. The fourth-order valence-electron chi connectivity index (χ4n) is 4.38. The van der Waals surface area contributed by atoms with Crippen LogP contribution in [0.3, 0.4) is 0 Å². The smallest absolute Gasteiger partial charge is 0.271 e. The van der Waals surface area contributed by atoms with Crippen molar-refractivity contribution < 1.29 is 9.66 Å². The van der Waals surface area contributed by atoms with Crippen LogP contribution in [0.2, 0.25) is 0 Å². The number of rotatable bonds is 6. The molecule has 0 atom stereocenters. The highest BCUT2D eigenvalue weighted by Crippen LogP contribution is 2.38. The largest absolute Gasteiger partial charge is 0.489 e. The van der Waals surface area contributed by atoms with Gasteiger partial charge in [-0.3, -0.25) is 10.1 Å². The van der Waals surface area contributed by atoms with Crippen LogP contribution in [0.5, 0.6) is 5.75 Å². The number of nitro benzene ring substituents is 1. The van der Waals surface area contributed by atoms with Crippen molar-refractivity contribution >= 4 is 16.7 Å². The van der Waals surface area contributed by atoms with Crippen LogP contribution >= 0.6 is 0 Å². The summed E-state index contributed by atoms with van der Waals surface area (Å²) in [6.45, 7) is 0.518. The SMILES string of the molecule is O=[N+]([O-])c1ccc2c(c1)nc(-c1ccc(OCc3ccccc3)cc1)n2C1CCCC1. The lowest BCUT2D eigenvalue weighted by molar-refractivity contribution is -0.384. The first-order valence-corrected chi connectivity index (χ1v) is 10.6. The van der Waals surface area contributed by atoms with E-state index in [2.05, 4.69) is 4.57 Å². The standard InChI is InChI=1S/C25H23N3O3/c29-28(30)21-12-15-24-23(16-21)26-25(27(24)20-8-4-5-9-20)19-10-13-22(14-11-19)31-17-18-6-2-1-3-7-18/h1-3,6-7,10-16,20H,4-5,8-9,17H2. The van der Waals surface area contributed by atoms with Gasteiger partial charge in [0.25, 0.3) is 5.69 Å². The van der Waals surface area contributed by atoms with Gasteiger partial charge in [0, 0.05) is 23.7 Å². The minimum atomic E-state index is -0.368. The Morgan fingerprint density at radius 2 is 1.74 bits per heavy atom. The number of ether oxygens (including phenoxy) is 1. The Bertz CT molecular complexity index is 1210. The third-order valence-corrected chi connectivity index (χ3v) is 5.93. The van der Waals surface area contributed by atoms with E-state index in [1.807, 2.05) is 60.7 Å². The molecule has 4 aromatic rings. The Morgan fingerprint density at radius 1 is 1.00 bits per heavy atom. The second-order valence-electron chi connectivity index (χ2n) is 7.97. The number of hydrogen-bond acceptors (Lipinski definition) is 4. The maximum atomic E-state index is 11.2. The van der Waals surface area contributed by atoms with Crippen molar-refractivity contribution in [3.8, 4) is 17.1 Å². The van der Waals surface area contributed by atoms with Gasteiger partial charge in [0.2, 0.25) is 0 Å². The molecular formula is C25H23N3O3. The number of aromatic nitrogens is 2. The van der Waals surface area contributed by atoms with Gasteiger partial charge in [-0.15, -0.1) is 0 Å². The number of imidazole rings is 1. The van der Waals surface area contributed by atoms with Gasteiger partial charge in [0.1, 0.15) is 18.2 Å². The highest BCUT2D eigenvalue weighted by molar-refractivity contribution is 5.83. The molecule has 1 fully saturated rings. The van der Waals surface area contributed by atoms with E-state index in [0.717, 1.165) is 41.1 Å². The summed E-state index contributed by atoms with van der Waals surface area (Å²) in [4.78, 5) is 15.7. The van der Waals surface area contributed by atoms with Gasteiger partial charge in [0.15, 0.2) is 0 Å². The van der Waals surface area contributed by atoms with E-state index in [1.54, 1.807) is 12.1 Å². The highest BCUT2D eigenvalue weighted by Gasteiger charge is 2.24. The van der Waals surface area contributed by atoms with Crippen LogP contribution in [-0.2, 0) is 6.61 Å². The maximum Gasteiger partial charge on any atom is 0.271 e. The number of benzene rings is 3. The average Bonchev–Trinajstić information content (AvgIpc) is 3.46. The van der Waals surface area contributed by atoms with E-state index in [0.29, 0.717) is 18.2 Å². The number of non-ortho nitro benzene ring substituents is 1. The lowest BCUT2D eigenvalue weighted by Gasteiger charge is -2.16. The van der Waals surface area contributed by atoms with Crippen molar-refractivity contribution in [1.29, 1.82) is 0 Å². The second-order valence-corrected chi connectivity index (χ2v) is 7.97. The Hall–Kier alpha value is -3.67. The predicted molar refractivity (Wildman–Crippen MR) is 120 cm³/mol. The van der Waals surface area contributed by atoms with Crippen molar-refractivity contribution in [2.45, 2.75) is 38.3 Å². The first kappa shape index (κ1) is 19.3. The summed E-state index contributed by atoms with van der Waals surface area (Å²) in [5.74, 6) is 1.66. The van der Waals surface area contributed by atoms with Crippen molar-refractivity contribution in [3.63, 3.8) is 0 Å². The normalized spacial score (nSPS) is 14.2. The Labute approximate surface area is 180 Å². The van der Waals surface area contributed by atoms with E-state index < -0.39 is 0 Å². The van der Waals surface area contributed by atoms with Crippen LogP contribution in [0.4, 0.5) is 5.69 Å². The molecule has 0 amide bonds. The molecule has 1 aromatic heterocycles. The molecule has 1 heterocycles. The summed E-state index contributed by atoms with van der Waals surface area (Å²) >= 11 is 0. The van der Waals surface area contributed by atoms with Gasteiger partial charge in [-0.1, -0.05) is 43.2 Å². The van der Waals surface area contributed by atoms with Gasteiger partial charge < -0.3 is 9.30 Å². The molecule has 6 nitrogen and oxygen atoms in total. The zero-order valence-electron chi connectivity index (χ0n) is 17.1. The average molecular weight is 413 g/mol. The molecule has 0 bridgehead atoms. The van der Waals surface area contributed by atoms with Crippen LogP contribution in [0.15, 0.2) is 72.8 Å². The molecule has 0 spiro atoms. The van der Waals surface area contributed by atoms with Crippen molar-refractivity contribution in [2.24, 2.45) is 0 Å². The molecule has 0 unspecified atom stereocenters. The van der Waals surface area contributed by atoms with Gasteiger partial charge in [-0.2, -0.15) is 0 Å². The van der Waals surface area contributed by atoms with Gasteiger partial charge >= 0.3 is 0 Å². The first-order chi connectivity index (χ1) is 15.2. The van der Waals surface area contributed by atoms with Gasteiger partial charge in [-0.25, -0.2) is 4.98 Å². The summed E-state index contributed by atoms with van der Waals surface area (Å²) in [6.07, 6.45) is 4.60. The molecule has 0 aliphatic heterocycles. The zero-order chi connectivity index (χ0) is 21.2. The van der Waals surface area contributed by atoms with E-state index in [-0.39, 0.29) is 10.6 Å². The molecule has 1 aliphatic carbocycles. The Morgan fingerprint density at radius 3 is 2.45 bits per heavy atom. The van der Waals surface area contributed by atoms with Crippen molar-refractivity contribution in [1.82, 2.24) is 9.55 Å². The Kier molecular flexibility index (Phi) is 5.12. The van der Waals surface area contributed by atoms with Crippen LogP contribution in [-0.4, -0.2) is 14.5 Å². The summed E-state index contributed by atoms with van der Waals surface area (Å²) in [6, 6.07) is 23.4. The number of nitro groups is 1. The summed E-state index contributed by atoms with van der Waals surface area (Å²) < 4.78 is 8.18. The van der Waals surface area contributed by atoms with Gasteiger partial charge in [-0.05, 0) is 48.7 Å². The predicted octanol–water partition coefficient (Wildman–Crippen LogP) is 6.31. The third kappa shape index (κ3) is 3.89. The molecule has 1 saturated carbocycles. The fourth-order valence-corrected chi connectivity index (χ4v) is 4.38. The third-order valence-electron chi connectivity index (χ3n) is 5.93. The first-order valence-electron chi connectivity index (χ1n) is 10.6. The summed E-state index contributed by atoms with van der Waals surface area (Å²) in [7, 11) is 0. The molecule has 0 N–H and O–H groups in total. The Balaban J connectivity index is 1.48. The number of hydrogen-bond donors (Lipinski definition) is 0. The van der Waals surface area contributed by atoms with Crippen molar-refractivity contribution in [3.05, 3.63) is 88.5 Å². The monoisotopic (exact) mass is 413 g/mol. The molecule has 31 heavy (non-hydrogen) atoms. The molecule has 5 rings (SSSR count). The molecule has 156 valence electrons. The second kappa shape index (κ2) is 8.22. The molecule has 3 aromatic carbocycles. The minimum Gasteiger partial charge on any atom is -0.489 e. The molecule has 6 heteroatoms. The lowest BCUT2D eigenvalue weighted by atomic mass is 10.1.